The van der Waals surface area contributed by atoms with E-state index in [9.17, 15) is 13.2 Å². The number of carbonyl (C=O) groups is 1. The molecule has 2 aromatic carbocycles. The van der Waals surface area contributed by atoms with E-state index in [0.717, 1.165) is 11.4 Å². The van der Waals surface area contributed by atoms with Gasteiger partial charge < -0.3 is 10.1 Å². The molecule has 1 fully saturated rings. The number of rotatable bonds is 5. The van der Waals surface area contributed by atoms with Crippen molar-refractivity contribution < 1.29 is 23.0 Å². The van der Waals surface area contributed by atoms with Crippen LogP contribution in [-0.2, 0) is 14.6 Å². The van der Waals surface area contributed by atoms with Crippen LogP contribution in [0.5, 0.6) is 11.5 Å². The fourth-order valence-corrected chi connectivity index (χ4v) is 5.20. The molecule has 1 saturated heterocycles. The number of amides is 1. The summed E-state index contributed by atoms with van der Waals surface area (Å²) in [6.45, 7) is 1.76. The van der Waals surface area contributed by atoms with Gasteiger partial charge in [-0.25, -0.2) is 13.2 Å². The fraction of sp³-hybridized carbons (Fsp3) is 0.238. The summed E-state index contributed by atoms with van der Waals surface area (Å²) in [7, 11) is -3.06. The summed E-state index contributed by atoms with van der Waals surface area (Å²) in [5.41, 5.74) is 1.87. The number of benzene rings is 2. The van der Waals surface area contributed by atoms with E-state index in [1.807, 2.05) is 54.6 Å². The Bertz CT molecular complexity index is 1080. The molecule has 0 aromatic heterocycles. The van der Waals surface area contributed by atoms with E-state index < -0.39 is 9.84 Å². The van der Waals surface area contributed by atoms with Crippen LogP contribution in [0.1, 0.15) is 13.3 Å². The third-order valence-electron chi connectivity index (χ3n) is 4.99. The molecule has 0 radical (unpaired) electrons. The molecule has 8 heteroatoms. The zero-order chi connectivity index (χ0) is 20.4. The normalized spacial score (nSPS) is 24.5. The second-order valence-electron chi connectivity index (χ2n) is 7.15. The molecule has 2 aliphatic rings. The lowest BCUT2D eigenvalue weighted by Crippen LogP contribution is -3.13. The molecule has 150 valence electrons. The van der Waals surface area contributed by atoms with Gasteiger partial charge >= 0.3 is 5.91 Å². The van der Waals surface area contributed by atoms with E-state index in [-0.39, 0.29) is 23.5 Å². The standard InChI is InChI=1S/C21H21N3O4S/c1-15-20(21(25)24(23-15)17-11-12-29(26,27)14-17)13-22-16-7-9-19(10-8-16)28-18-5-3-2-4-6-18/h2-10,13,17,22H,11-12,14H2,1H3/p+1/b20-13+/t17-/m1/s1. The summed E-state index contributed by atoms with van der Waals surface area (Å²) in [6.07, 6.45) is 2.09. The number of nitrogens with one attached hydrogen (secondary N) is 2. The van der Waals surface area contributed by atoms with E-state index in [4.69, 9.17) is 4.74 Å². The van der Waals surface area contributed by atoms with Crippen LogP contribution in [-0.4, -0.2) is 37.6 Å². The second kappa shape index (κ2) is 7.81. The summed E-state index contributed by atoms with van der Waals surface area (Å²) in [6, 6.07) is 16.6. The molecule has 2 atom stereocenters. The summed E-state index contributed by atoms with van der Waals surface area (Å²) < 4.78 is 29.2. The lowest BCUT2D eigenvalue weighted by Gasteiger charge is -2.11. The molecule has 2 aromatic rings. The van der Waals surface area contributed by atoms with Crippen molar-refractivity contribution >= 4 is 27.1 Å². The van der Waals surface area contributed by atoms with Gasteiger partial charge in [0.05, 0.1) is 5.75 Å². The first-order valence-corrected chi connectivity index (χ1v) is 11.2. The largest absolute Gasteiger partial charge is 0.457 e. The SMILES string of the molecule is CC1=N[NH+]([C@@H]2CCS(=O)(=O)C2)C(=O)/C1=C/Nc1ccc(Oc2ccccc2)cc1. The number of ether oxygens (including phenoxy) is 1. The van der Waals surface area contributed by atoms with Crippen LogP contribution in [0, 0.1) is 0 Å². The minimum absolute atomic E-state index is 0.00837. The van der Waals surface area contributed by atoms with Crippen molar-refractivity contribution in [3.8, 4) is 11.5 Å². The molecular formula is C21H22N3O4S+. The minimum atomic E-state index is -3.06. The van der Waals surface area contributed by atoms with E-state index in [1.165, 1.54) is 0 Å². The Labute approximate surface area is 169 Å². The Hall–Kier alpha value is -2.97. The Morgan fingerprint density at radius 3 is 2.45 bits per heavy atom. The van der Waals surface area contributed by atoms with Gasteiger partial charge in [0.2, 0.25) is 0 Å². The number of carbonyl (C=O) groups excluding carboxylic acids is 1. The van der Waals surface area contributed by atoms with Crippen LogP contribution in [0.25, 0.3) is 0 Å². The maximum Gasteiger partial charge on any atom is 0.374 e. The van der Waals surface area contributed by atoms with Crippen molar-refractivity contribution in [2.45, 2.75) is 19.4 Å². The van der Waals surface area contributed by atoms with Gasteiger partial charge in [0.25, 0.3) is 0 Å². The number of quaternary nitrogens is 1. The number of para-hydroxylation sites is 1. The van der Waals surface area contributed by atoms with Gasteiger partial charge in [-0.05, 0) is 43.3 Å². The molecule has 29 heavy (non-hydrogen) atoms. The van der Waals surface area contributed by atoms with Crippen LogP contribution in [0.15, 0.2) is 71.5 Å². The van der Waals surface area contributed by atoms with Gasteiger partial charge in [-0.15, -0.1) is 5.01 Å². The Balaban J connectivity index is 1.41. The van der Waals surface area contributed by atoms with Crippen molar-refractivity contribution in [2.24, 2.45) is 5.10 Å². The van der Waals surface area contributed by atoms with Crippen molar-refractivity contribution in [1.82, 2.24) is 0 Å². The molecule has 1 unspecified atom stereocenters. The highest BCUT2D eigenvalue weighted by Gasteiger charge is 2.44. The van der Waals surface area contributed by atoms with Crippen molar-refractivity contribution in [2.75, 3.05) is 16.8 Å². The smallest absolute Gasteiger partial charge is 0.374 e. The van der Waals surface area contributed by atoms with Gasteiger partial charge in [-0.3, -0.25) is 0 Å². The maximum atomic E-state index is 12.7. The average Bonchev–Trinajstić information content (AvgIpc) is 3.20. The zero-order valence-electron chi connectivity index (χ0n) is 16.0. The third kappa shape index (κ3) is 4.38. The highest BCUT2D eigenvalue weighted by molar-refractivity contribution is 7.91. The van der Waals surface area contributed by atoms with Gasteiger partial charge in [0.15, 0.2) is 9.84 Å². The molecule has 0 saturated carbocycles. The molecule has 0 spiro atoms. The second-order valence-corrected chi connectivity index (χ2v) is 9.38. The van der Waals surface area contributed by atoms with Crippen LogP contribution in [0.4, 0.5) is 5.69 Å². The van der Waals surface area contributed by atoms with Crippen LogP contribution in [0.3, 0.4) is 0 Å². The lowest BCUT2D eigenvalue weighted by molar-refractivity contribution is -0.846. The molecular weight excluding hydrogens is 390 g/mol. The Morgan fingerprint density at radius 2 is 1.79 bits per heavy atom. The van der Waals surface area contributed by atoms with Gasteiger partial charge in [-0.2, -0.15) is 0 Å². The summed E-state index contributed by atoms with van der Waals surface area (Å²) >= 11 is 0. The topological polar surface area (TPSA) is 89.3 Å². The van der Waals surface area contributed by atoms with E-state index in [2.05, 4.69) is 10.4 Å². The van der Waals surface area contributed by atoms with E-state index >= 15 is 0 Å². The number of anilines is 1. The molecule has 2 N–H and O–H groups in total. The number of hydrogen-bond donors (Lipinski definition) is 2. The highest BCUT2D eigenvalue weighted by Crippen LogP contribution is 2.22. The highest BCUT2D eigenvalue weighted by atomic mass is 32.2. The van der Waals surface area contributed by atoms with Crippen molar-refractivity contribution in [1.29, 1.82) is 0 Å². The quantitative estimate of drug-likeness (QED) is 0.731. The molecule has 7 nitrogen and oxygen atoms in total. The number of hydrogen-bond acceptors (Lipinski definition) is 6. The van der Waals surface area contributed by atoms with Gasteiger partial charge in [-0.1, -0.05) is 23.3 Å². The summed E-state index contributed by atoms with van der Waals surface area (Å²) in [5, 5.41) is 7.84. The number of sulfone groups is 1. The summed E-state index contributed by atoms with van der Waals surface area (Å²) in [4.78, 5) is 12.7. The molecule has 0 bridgehead atoms. The molecule has 1 amide bonds. The Morgan fingerprint density at radius 1 is 1.10 bits per heavy atom. The van der Waals surface area contributed by atoms with Crippen LogP contribution in [0.2, 0.25) is 0 Å². The van der Waals surface area contributed by atoms with Crippen molar-refractivity contribution in [3.63, 3.8) is 0 Å². The lowest BCUT2D eigenvalue weighted by atomic mass is 10.1. The predicted octanol–water partition coefficient (Wildman–Crippen LogP) is 1.76. The van der Waals surface area contributed by atoms with Gasteiger partial charge in [0.1, 0.15) is 34.6 Å². The first-order chi connectivity index (χ1) is 13.9. The predicted molar refractivity (Wildman–Crippen MR) is 111 cm³/mol. The number of nitrogens with zero attached hydrogens (tertiary/aromatic N) is 1. The monoisotopic (exact) mass is 412 g/mol. The molecule has 2 heterocycles. The van der Waals surface area contributed by atoms with Crippen LogP contribution >= 0.6 is 0 Å². The minimum Gasteiger partial charge on any atom is -0.457 e. The first kappa shape index (κ1) is 19.4. The zero-order valence-corrected chi connectivity index (χ0v) is 16.8. The maximum absolute atomic E-state index is 12.7. The van der Waals surface area contributed by atoms with E-state index in [0.29, 0.717) is 28.5 Å². The summed E-state index contributed by atoms with van der Waals surface area (Å²) in [5.74, 6) is 1.41. The van der Waals surface area contributed by atoms with Crippen molar-refractivity contribution in [3.05, 3.63) is 66.4 Å². The molecule has 4 rings (SSSR count). The average molecular weight is 412 g/mol. The molecule has 0 aliphatic carbocycles. The third-order valence-corrected chi connectivity index (χ3v) is 6.76. The van der Waals surface area contributed by atoms with E-state index in [1.54, 1.807) is 13.1 Å². The van der Waals surface area contributed by atoms with Gasteiger partial charge in [0, 0.05) is 18.3 Å². The first-order valence-electron chi connectivity index (χ1n) is 9.38. The molecule has 2 aliphatic heterocycles. The Kier molecular flexibility index (Phi) is 5.21. The fourth-order valence-electron chi connectivity index (χ4n) is 3.45. The van der Waals surface area contributed by atoms with Crippen LogP contribution < -0.4 is 15.1 Å².